The van der Waals surface area contributed by atoms with E-state index in [2.05, 4.69) is 43.8 Å². The number of hydrogen-bond donors (Lipinski definition) is 1. The van der Waals surface area contributed by atoms with Gasteiger partial charge < -0.3 is 10.1 Å². The van der Waals surface area contributed by atoms with E-state index in [4.69, 9.17) is 10.00 Å². The highest BCUT2D eigenvalue weighted by Gasteiger charge is 2.13. The lowest BCUT2D eigenvalue weighted by atomic mass is 10.2. The van der Waals surface area contributed by atoms with Crippen molar-refractivity contribution in [3.63, 3.8) is 0 Å². The van der Waals surface area contributed by atoms with Crippen LogP contribution in [0.25, 0.3) is 0 Å². The minimum Gasteiger partial charge on any atom is -0.477 e. The number of nitriles is 1. The summed E-state index contributed by atoms with van der Waals surface area (Å²) in [6.45, 7) is -0.0682. The highest BCUT2D eigenvalue weighted by molar-refractivity contribution is 14.1. The number of benzene rings is 2. The third-order valence-electron chi connectivity index (χ3n) is 2.60. The maximum absolute atomic E-state index is 12.4. The molecule has 0 atom stereocenters. The van der Waals surface area contributed by atoms with Gasteiger partial charge in [-0.15, -0.1) is 0 Å². The molecule has 0 saturated carbocycles. The second kappa shape index (κ2) is 7.43. The Hall–Kier alpha value is -1.59. The van der Waals surface area contributed by atoms with Gasteiger partial charge in [-0.1, -0.05) is 28.1 Å². The molecule has 0 spiro atoms. The van der Waals surface area contributed by atoms with E-state index in [1.165, 1.54) is 0 Å². The third-order valence-corrected chi connectivity index (χ3v) is 4.03. The topological polar surface area (TPSA) is 62.1 Å². The molecule has 0 fully saturated rings. The van der Waals surface area contributed by atoms with E-state index < -0.39 is 0 Å². The molecule has 0 aliphatic carbocycles. The van der Waals surface area contributed by atoms with Crippen molar-refractivity contribution in [2.24, 2.45) is 0 Å². The summed E-state index contributed by atoms with van der Waals surface area (Å²) in [6, 6.07) is 14.4. The van der Waals surface area contributed by atoms with Crippen LogP contribution in [-0.2, 0) is 0 Å². The molecule has 4 nitrogen and oxygen atoms in total. The first-order valence-electron chi connectivity index (χ1n) is 5.97. The summed E-state index contributed by atoms with van der Waals surface area (Å²) >= 11 is 5.47. The van der Waals surface area contributed by atoms with Gasteiger partial charge in [-0.05, 0) is 52.9 Å². The molecule has 0 aliphatic heterocycles. The number of hydrogen-bond acceptors (Lipinski definition) is 3. The van der Waals surface area contributed by atoms with Crippen molar-refractivity contribution in [2.45, 2.75) is 0 Å². The van der Waals surface area contributed by atoms with Crippen molar-refractivity contribution in [3.05, 3.63) is 56.1 Å². The van der Waals surface area contributed by atoms with Crippen molar-refractivity contribution in [1.82, 2.24) is 0 Å². The van der Waals surface area contributed by atoms with E-state index in [0.29, 0.717) is 17.0 Å². The SMILES string of the molecule is N#CCOc1ccccc1NC(=O)c1cc(Br)ccc1I. The van der Waals surface area contributed by atoms with Gasteiger partial charge in [0.15, 0.2) is 6.61 Å². The predicted octanol–water partition coefficient (Wildman–Crippen LogP) is 4.21. The Labute approximate surface area is 144 Å². The minimum atomic E-state index is -0.228. The van der Waals surface area contributed by atoms with E-state index in [-0.39, 0.29) is 12.5 Å². The Morgan fingerprint density at radius 3 is 2.86 bits per heavy atom. The lowest BCUT2D eigenvalue weighted by Crippen LogP contribution is -2.14. The first-order chi connectivity index (χ1) is 10.1. The molecule has 2 rings (SSSR count). The lowest BCUT2D eigenvalue weighted by Gasteiger charge is -2.11. The molecule has 1 N–H and O–H groups in total. The number of nitrogens with zero attached hydrogens (tertiary/aromatic N) is 1. The van der Waals surface area contributed by atoms with Crippen LogP contribution in [0.3, 0.4) is 0 Å². The Morgan fingerprint density at radius 1 is 1.33 bits per heavy atom. The summed E-state index contributed by atoms with van der Waals surface area (Å²) in [6.07, 6.45) is 0. The minimum absolute atomic E-state index is 0.0682. The number of ether oxygens (including phenoxy) is 1. The number of amides is 1. The Bertz CT molecular complexity index is 713. The standard InChI is InChI=1S/C15H10BrIN2O2/c16-10-5-6-12(17)11(9-10)15(20)19-13-3-1-2-4-14(13)21-8-7-18/h1-6,9H,8H2,(H,19,20). The van der Waals surface area contributed by atoms with Crippen LogP contribution < -0.4 is 10.1 Å². The molecule has 0 radical (unpaired) electrons. The Balaban J connectivity index is 2.24. The predicted molar refractivity (Wildman–Crippen MR) is 92.4 cm³/mol. The van der Waals surface area contributed by atoms with Gasteiger partial charge in [0.25, 0.3) is 5.91 Å². The highest BCUT2D eigenvalue weighted by Crippen LogP contribution is 2.25. The first kappa shape index (κ1) is 15.8. The molecule has 2 aromatic carbocycles. The van der Waals surface area contributed by atoms with Gasteiger partial charge in [-0.3, -0.25) is 4.79 Å². The Morgan fingerprint density at radius 2 is 2.10 bits per heavy atom. The van der Waals surface area contributed by atoms with Crippen LogP contribution >= 0.6 is 38.5 Å². The summed E-state index contributed by atoms with van der Waals surface area (Å²) in [5.74, 6) is 0.242. The molecule has 0 bridgehead atoms. The van der Waals surface area contributed by atoms with Gasteiger partial charge >= 0.3 is 0 Å². The number of carbonyl (C=O) groups excluding carboxylic acids is 1. The molecule has 6 heteroatoms. The second-order valence-electron chi connectivity index (χ2n) is 4.02. The molecule has 0 saturated heterocycles. The maximum Gasteiger partial charge on any atom is 0.256 e. The third kappa shape index (κ3) is 4.19. The molecule has 106 valence electrons. The molecular formula is C15H10BrIN2O2. The van der Waals surface area contributed by atoms with E-state index >= 15 is 0 Å². The zero-order chi connectivity index (χ0) is 15.2. The normalized spacial score (nSPS) is 9.76. The molecular weight excluding hydrogens is 447 g/mol. The Kier molecular flexibility index (Phi) is 5.59. The quantitative estimate of drug-likeness (QED) is 0.701. The van der Waals surface area contributed by atoms with E-state index in [0.717, 1.165) is 8.04 Å². The van der Waals surface area contributed by atoms with Crippen LogP contribution in [0, 0.1) is 14.9 Å². The molecule has 0 aromatic heterocycles. The van der Waals surface area contributed by atoms with Crippen molar-refractivity contribution in [2.75, 3.05) is 11.9 Å². The summed E-state index contributed by atoms with van der Waals surface area (Å²) in [4.78, 5) is 12.4. The fourth-order valence-electron chi connectivity index (χ4n) is 1.67. The van der Waals surface area contributed by atoms with Crippen LogP contribution in [0.15, 0.2) is 46.9 Å². The summed E-state index contributed by atoms with van der Waals surface area (Å²) in [5.41, 5.74) is 1.11. The van der Waals surface area contributed by atoms with Crippen LogP contribution in [0.1, 0.15) is 10.4 Å². The largest absolute Gasteiger partial charge is 0.477 e. The van der Waals surface area contributed by atoms with Gasteiger partial charge in [0.05, 0.1) is 11.3 Å². The van der Waals surface area contributed by atoms with Crippen LogP contribution in [0.2, 0.25) is 0 Å². The van der Waals surface area contributed by atoms with Crippen molar-refractivity contribution in [1.29, 1.82) is 5.26 Å². The molecule has 2 aromatic rings. The van der Waals surface area contributed by atoms with Gasteiger partial charge in [-0.25, -0.2) is 0 Å². The average Bonchev–Trinajstić information content (AvgIpc) is 2.48. The lowest BCUT2D eigenvalue weighted by molar-refractivity contribution is 0.102. The number of anilines is 1. The number of halogens is 2. The first-order valence-corrected chi connectivity index (χ1v) is 7.84. The van der Waals surface area contributed by atoms with Gasteiger partial charge in [0.1, 0.15) is 11.8 Å². The van der Waals surface area contributed by atoms with Gasteiger partial charge in [-0.2, -0.15) is 5.26 Å². The van der Waals surface area contributed by atoms with E-state index in [9.17, 15) is 4.79 Å². The summed E-state index contributed by atoms with van der Waals surface area (Å²) in [5, 5.41) is 11.4. The fraction of sp³-hybridized carbons (Fsp3) is 0.0667. The summed E-state index contributed by atoms with van der Waals surface area (Å²) in [7, 11) is 0. The van der Waals surface area contributed by atoms with E-state index in [1.807, 2.05) is 18.2 Å². The highest BCUT2D eigenvalue weighted by atomic mass is 127. The molecule has 0 unspecified atom stereocenters. The molecule has 0 aliphatic rings. The molecule has 1 amide bonds. The molecule has 21 heavy (non-hydrogen) atoms. The van der Waals surface area contributed by atoms with Crippen molar-refractivity contribution >= 4 is 50.1 Å². The van der Waals surface area contributed by atoms with E-state index in [1.54, 1.807) is 30.3 Å². The zero-order valence-corrected chi connectivity index (χ0v) is 14.5. The van der Waals surface area contributed by atoms with Crippen LogP contribution in [0.5, 0.6) is 5.75 Å². The second-order valence-corrected chi connectivity index (χ2v) is 6.10. The molecule has 0 heterocycles. The zero-order valence-electron chi connectivity index (χ0n) is 10.8. The van der Waals surface area contributed by atoms with Crippen LogP contribution in [0.4, 0.5) is 5.69 Å². The summed E-state index contributed by atoms with van der Waals surface area (Å²) < 4.78 is 6.98. The van der Waals surface area contributed by atoms with Gasteiger partial charge in [0, 0.05) is 8.04 Å². The number of nitrogens with one attached hydrogen (secondary N) is 1. The fourth-order valence-corrected chi connectivity index (χ4v) is 2.61. The number of para-hydroxylation sites is 2. The van der Waals surface area contributed by atoms with Gasteiger partial charge in [0.2, 0.25) is 0 Å². The van der Waals surface area contributed by atoms with Crippen molar-refractivity contribution in [3.8, 4) is 11.8 Å². The number of carbonyl (C=O) groups is 1. The van der Waals surface area contributed by atoms with Crippen molar-refractivity contribution < 1.29 is 9.53 Å². The van der Waals surface area contributed by atoms with Crippen LogP contribution in [-0.4, -0.2) is 12.5 Å². The average molecular weight is 457 g/mol. The monoisotopic (exact) mass is 456 g/mol. The smallest absolute Gasteiger partial charge is 0.256 e. The number of rotatable bonds is 4. The maximum atomic E-state index is 12.4.